The van der Waals surface area contributed by atoms with Gasteiger partial charge in [0.25, 0.3) is 0 Å². The van der Waals surface area contributed by atoms with E-state index < -0.39 is 5.82 Å². The predicted octanol–water partition coefficient (Wildman–Crippen LogP) is 2.06. The molecule has 2 aliphatic rings. The Hall–Kier alpha value is -2.02. The lowest BCUT2D eigenvalue weighted by Crippen LogP contribution is -2.30. The van der Waals surface area contributed by atoms with Crippen molar-refractivity contribution in [3.63, 3.8) is 0 Å². The number of amides is 1. The third-order valence-corrected chi connectivity index (χ3v) is 5.13. The number of hydrogen-bond acceptors (Lipinski definition) is 5. The first-order valence-corrected chi connectivity index (χ1v) is 8.16. The van der Waals surface area contributed by atoms with E-state index in [9.17, 15) is 9.18 Å². The molecule has 114 valence electrons. The van der Waals surface area contributed by atoms with Crippen molar-refractivity contribution in [3.05, 3.63) is 28.8 Å². The van der Waals surface area contributed by atoms with Gasteiger partial charge >= 0.3 is 0 Å². The molecule has 5 nitrogen and oxygen atoms in total. The van der Waals surface area contributed by atoms with Crippen molar-refractivity contribution in [1.82, 2.24) is 15.3 Å². The summed E-state index contributed by atoms with van der Waals surface area (Å²) in [5.41, 5.74) is 1.10. The molecule has 2 aromatic heterocycles. The Morgan fingerprint density at radius 3 is 3.09 bits per heavy atom. The van der Waals surface area contributed by atoms with E-state index >= 15 is 0 Å². The number of nitrogens with one attached hydrogen (secondary N) is 1. The summed E-state index contributed by atoms with van der Waals surface area (Å²) in [4.78, 5) is 22.1. The second-order valence-electron chi connectivity index (χ2n) is 6.00. The molecule has 4 rings (SSSR count). The minimum absolute atomic E-state index is 0.0165. The molecular weight excluding hydrogens is 303 g/mol. The molecular formula is C15H15FN4OS. The van der Waals surface area contributed by atoms with E-state index in [0.29, 0.717) is 24.6 Å². The molecule has 0 aromatic carbocycles. The van der Waals surface area contributed by atoms with Crippen LogP contribution in [0.3, 0.4) is 0 Å². The molecule has 4 heterocycles. The van der Waals surface area contributed by atoms with Crippen LogP contribution in [-0.2, 0) is 4.79 Å². The van der Waals surface area contributed by atoms with Crippen molar-refractivity contribution in [3.8, 4) is 11.3 Å². The summed E-state index contributed by atoms with van der Waals surface area (Å²) in [5, 5.41) is 6.68. The van der Waals surface area contributed by atoms with Crippen LogP contribution in [0.5, 0.6) is 0 Å². The number of carbonyl (C=O) groups is 1. The van der Waals surface area contributed by atoms with Crippen LogP contribution in [0, 0.1) is 11.2 Å². The number of anilines is 1. The molecule has 1 amide bonds. The molecule has 2 aromatic rings. The lowest BCUT2D eigenvalue weighted by molar-refractivity contribution is -0.119. The van der Waals surface area contributed by atoms with Crippen LogP contribution >= 0.6 is 11.3 Å². The first-order valence-electron chi connectivity index (χ1n) is 7.22. The van der Waals surface area contributed by atoms with Gasteiger partial charge in [0.1, 0.15) is 5.69 Å². The zero-order valence-electron chi connectivity index (χ0n) is 11.9. The summed E-state index contributed by atoms with van der Waals surface area (Å²) in [5.74, 6) is 0.244. The molecule has 1 N–H and O–H groups in total. The van der Waals surface area contributed by atoms with Crippen molar-refractivity contribution in [2.75, 3.05) is 24.5 Å². The summed E-state index contributed by atoms with van der Waals surface area (Å²) in [6, 6.07) is 1.85. The predicted molar refractivity (Wildman–Crippen MR) is 82.2 cm³/mol. The highest BCUT2D eigenvalue weighted by Crippen LogP contribution is 2.38. The van der Waals surface area contributed by atoms with Crippen molar-refractivity contribution in [2.24, 2.45) is 5.41 Å². The Bertz CT molecular complexity index is 720. The Balaban J connectivity index is 1.62. The van der Waals surface area contributed by atoms with Gasteiger partial charge in [-0.25, -0.2) is 14.4 Å². The van der Waals surface area contributed by atoms with Crippen LogP contribution < -0.4 is 10.2 Å². The largest absolute Gasteiger partial charge is 0.355 e. The van der Waals surface area contributed by atoms with E-state index in [1.54, 1.807) is 0 Å². The second kappa shape index (κ2) is 5.01. The van der Waals surface area contributed by atoms with Gasteiger partial charge < -0.3 is 10.2 Å². The second-order valence-corrected chi connectivity index (χ2v) is 6.78. The van der Waals surface area contributed by atoms with Crippen molar-refractivity contribution in [1.29, 1.82) is 0 Å². The number of aromatic nitrogens is 2. The van der Waals surface area contributed by atoms with E-state index in [2.05, 4.69) is 20.2 Å². The van der Waals surface area contributed by atoms with Crippen molar-refractivity contribution in [2.45, 2.75) is 12.8 Å². The number of rotatable bonds is 2. The average molecular weight is 318 g/mol. The van der Waals surface area contributed by atoms with E-state index in [0.717, 1.165) is 25.1 Å². The maximum absolute atomic E-state index is 14.0. The zero-order valence-corrected chi connectivity index (χ0v) is 12.7. The smallest absolute Gasteiger partial charge is 0.226 e. The van der Waals surface area contributed by atoms with E-state index in [-0.39, 0.29) is 11.3 Å². The van der Waals surface area contributed by atoms with Crippen LogP contribution in [-0.4, -0.2) is 35.5 Å². The highest BCUT2D eigenvalue weighted by molar-refractivity contribution is 7.08. The van der Waals surface area contributed by atoms with Crippen LogP contribution in [0.25, 0.3) is 11.3 Å². The Morgan fingerprint density at radius 2 is 2.36 bits per heavy atom. The summed E-state index contributed by atoms with van der Waals surface area (Å²) in [6.07, 6.45) is 2.72. The SMILES string of the molecule is O=C1CC2(CCN(c3ncc(F)c(-c4ccsc4)n3)C2)CN1. The molecule has 2 fully saturated rings. The fraction of sp³-hybridized carbons (Fsp3) is 0.400. The van der Waals surface area contributed by atoms with Gasteiger partial charge in [0.2, 0.25) is 11.9 Å². The lowest BCUT2D eigenvalue weighted by atomic mass is 9.86. The number of hydrogen-bond donors (Lipinski definition) is 1. The topological polar surface area (TPSA) is 58.1 Å². The molecule has 0 aliphatic carbocycles. The number of thiophene rings is 1. The summed E-state index contributed by atoms with van der Waals surface area (Å²) in [7, 11) is 0. The third-order valence-electron chi connectivity index (χ3n) is 4.44. The lowest BCUT2D eigenvalue weighted by Gasteiger charge is -2.22. The standard InChI is InChI=1S/C15H15FN4OS/c16-11-6-17-14(19-13(11)10-1-4-22-7-10)20-3-2-15(9-20)5-12(21)18-8-15/h1,4,6-7H,2-3,5,8-9H2,(H,18,21). The van der Waals surface area contributed by atoms with E-state index in [4.69, 9.17) is 0 Å². The highest BCUT2D eigenvalue weighted by Gasteiger charge is 2.44. The first-order chi connectivity index (χ1) is 10.7. The third kappa shape index (κ3) is 2.25. The Labute approximate surface area is 131 Å². The first kappa shape index (κ1) is 13.6. The van der Waals surface area contributed by atoms with Gasteiger partial charge in [-0.15, -0.1) is 0 Å². The minimum Gasteiger partial charge on any atom is -0.355 e. The molecule has 1 spiro atoms. The Kier molecular flexibility index (Phi) is 3.11. The molecule has 0 bridgehead atoms. The van der Waals surface area contributed by atoms with Gasteiger partial charge in [-0.2, -0.15) is 11.3 Å². The number of halogens is 1. The summed E-state index contributed by atoms with van der Waals surface area (Å²) >= 11 is 1.51. The minimum atomic E-state index is -0.409. The molecule has 0 saturated carbocycles. The molecule has 2 aliphatic heterocycles. The Morgan fingerprint density at radius 1 is 1.45 bits per heavy atom. The molecule has 0 radical (unpaired) electrons. The fourth-order valence-corrected chi connectivity index (χ4v) is 3.90. The van der Waals surface area contributed by atoms with Gasteiger partial charge in [0, 0.05) is 42.4 Å². The van der Waals surface area contributed by atoms with Gasteiger partial charge in [0.05, 0.1) is 6.20 Å². The molecule has 7 heteroatoms. The fourth-order valence-electron chi connectivity index (χ4n) is 3.26. The van der Waals surface area contributed by atoms with Crippen LogP contribution in [0.4, 0.5) is 10.3 Å². The van der Waals surface area contributed by atoms with Gasteiger partial charge in [-0.3, -0.25) is 4.79 Å². The van der Waals surface area contributed by atoms with Crippen LogP contribution in [0.15, 0.2) is 23.0 Å². The maximum Gasteiger partial charge on any atom is 0.226 e. The van der Waals surface area contributed by atoms with E-state index in [1.165, 1.54) is 17.5 Å². The molecule has 2 saturated heterocycles. The highest BCUT2D eigenvalue weighted by atomic mass is 32.1. The van der Waals surface area contributed by atoms with Gasteiger partial charge in [-0.1, -0.05) is 0 Å². The average Bonchev–Trinajstić information content (AvgIpc) is 3.23. The summed E-state index contributed by atoms with van der Waals surface area (Å²) < 4.78 is 14.0. The molecule has 22 heavy (non-hydrogen) atoms. The van der Waals surface area contributed by atoms with E-state index in [1.807, 2.05) is 16.8 Å². The van der Waals surface area contributed by atoms with Crippen LogP contribution in [0.1, 0.15) is 12.8 Å². The van der Waals surface area contributed by atoms with Gasteiger partial charge in [-0.05, 0) is 17.9 Å². The zero-order chi connectivity index (χ0) is 15.2. The molecule has 1 atom stereocenters. The van der Waals surface area contributed by atoms with Gasteiger partial charge in [0.15, 0.2) is 5.82 Å². The summed E-state index contributed by atoms with van der Waals surface area (Å²) in [6.45, 7) is 2.24. The number of nitrogens with zero attached hydrogens (tertiary/aromatic N) is 3. The normalized spacial score (nSPS) is 24.2. The van der Waals surface area contributed by atoms with Crippen LogP contribution in [0.2, 0.25) is 0 Å². The maximum atomic E-state index is 14.0. The van der Waals surface area contributed by atoms with Crippen molar-refractivity contribution < 1.29 is 9.18 Å². The number of carbonyl (C=O) groups excluding carboxylic acids is 1. The monoisotopic (exact) mass is 318 g/mol. The molecule has 1 unspecified atom stereocenters. The van der Waals surface area contributed by atoms with Crippen molar-refractivity contribution >= 4 is 23.2 Å². The quantitative estimate of drug-likeness (QED) is 0.921.